The van der Waals surface area contributed by atoms with E-state index in [1.165, 1.54) is 23.6 Å². The van der Waals surface area contributed by atoms with Crippen LogP contribution in [-0.2, 0) is 16.0 Å². The first-order valence-corrected chi connectivity index (χ1v) is 6.05. The number of carboxylic acids is 1. The lowest BCUT2D eigenvalue weighted by atomic mass is 10.0. The summed E-state index contributed by atoms with van der Waals surface area (Å²) in [6.45, 7) is 0. The van der Waals surface area contributed by atoms with Gasteiger partial charge in [-0.15, -0.1) is 0 Å². The maximum Gasteiger partial charge on any atom is 0.471 e. The lowest BCUT2D eigenvalue weighted by Gasteiger charge is -2.15. The van der Waals surface area contributed by atoms with Gasteiger partial charge in [-0.3, -0.25) is 4.79 Å². The highest BCUT2D eigenvalue weighted by Crippen LogP contribution is 2.23. The first-order valence-electron chi connectivity index (χ1n) is 6.05. The number of aromatic amines is 1. The molecule has 0 spiro atoms. The molecule has 0 fully saturated rings. The van der Waals surface area contributed by atoms with E-state index in [0.717, 1.165) is 6.07 Å². The molecule has 22 heavy (non-hydrogen) atoms. The van der Waals surface area contributed by atoms with Crippen molar-refractivity contribution >= 4 is 22.8 Å². The van der Waals surface area contributed by atoms with E-state index >= 15 is 0 Å². The van der Waals surface area contributed by atoms with Gasteiger partial charge in [0, 0.05) is 23.5 Å². The van der Waals surface area contributed by atoms with Gasteiger partial charge in [0.05, 0.1) is 0 Å². The zero-order valence-corrected chi connectivity index (χ0v) is 10.9. The smallest absolute Gasteiger partial charge is 0.471 e. The molecular weight excluding hydrogens is 308 g/mol. The molecule has 0 aliphatic rings. The van der Waals surface area contributed by atoms with Crippen molar-refractivity contribution in [2.24, 2.45) is 0 Å². The fourth-order valence-electron chi connectivity index (χ4n) is 2.03. The molecule has 118 valence electrons. The minimum absolute atomic E-state index is 0.0787. The molecule has 0 saturated carbocycles. The van der Waals surface area contributed by atoms with Gasteiger partial charge >= 0.3 is 18.1 Å². The van der Waals surface area contributed by atoms with Gasteiger partial charge < -0.3 is 15.4 Å². The molecule has 1 atom stereocenters. The van der Waals surface area contributed by atoms with Crippen molar-refractivity contribution in [3.63, 3.8) is 0 Å². The van der Waals surface area contributed by atoms with Crippen LogP contribution in [0.3, 0.4) is 0 Å². The quantitative estimate of drug-likeness (QED) is 0.754. The Morgan fingerprint density at radius 1 is 1.32 bits per heavy atom. The number of fused-ring (bicyclic) bond motifs is 1. The number of nitrogens with one attached hydrogen (secondary N) is 2. The Hall–Kier alpha value is -2.58. The van der Waals surface area contributed by atoms with Crippen molar-refractivity contribution < 1.29 is 32.3 Å². The Bertz CT molecular complexity index is 724. The number of carbonyl (C=O) groups is 2. The fraction of sp³-hybridized carbons (Fsp3) is 0.231. The second kappa shape index (κ2) is 5.66. The normalized spacial score (nSPS) is 13.1. The van der Waals surface area contributed by atoms with Gasteiger partial charge in [-0.1, -0.05) is 6.07 Å². The van der Waals surface area contributed by atoms with Crippen molar-refractivity contribution in [1.82, 2.24) is 10.3 Å². The van der Waals surface area contributed by atoms with E-state index in [-0.39, 0.29) is 10.9 Å². The molecule has 2 aromatic rings. The summed E-state index contributed by atoms with van der Waals surface area (Å²) in [6.07, 6.45) is -4.39. The van der Waals surface area contributed by atoms with Gasteiger partial charge in [-0.2, -0.15) is 13.2 Å². The third-order valence-electron chi connectivity index (χ3n) is 3.02. The zero-order valence-electron chi connectivity index (χ0n) is 10.9. The average molecular weight is 318 g/mol. The number of carbonyl (C=O) groups excluding carboxylic acids is 1. The maximum absolute atomic E-state index is 13.7. The van der Waals surface area contributed by atoms with Crippen LogP contribution in [0.15, 0.2) is 24.4 Å². The molecule has 1 aromatic heterocycles. The number of carboxylic acid groups (broad SMARTS) is 1. The summed E-state index contributed by atoms with van der Waals surface area (Å²) in [5.74, 6) is -4.65. The molecule has 5 nitrogen and oxygen atoms in total. The molecular formula is C13H10F4N2O3. The summed E-state index contributed by atoms with van der Waals surface area (Å²) in [6, 6.07) is 2.28. The Balaban J connectivity index is 2.28. The molecule has 9 heteroatoms. The van der Waals surface area contributed by atoms with Crippen LogP contribution in [0.2, 0.25) is 0 Å². The molecule has 1 amide bonds. The number of halogens is 4. The number of benzene rings is 1. The first-order chi connectivity index (χ1) is 10.2. The molecule has 1 unspecified atom stereocenters. The van der Waals surface area contributed by atoms with Crippen LogP contribution in [0.1, 0.15) is 5.56 Å². The van der Waals surface area contributed by atoms with E-state index in [0.29, 0.717) is 5.52 Å². The standard InChI is InChI=1S/C13H10F4N2O3/c14-7-2-1-3-8-10(7)6(5-18-8)4-9(11(20)21)19-12(22)13(15,16)17/h1-3,5,9,18H,4H2,(H,19,22)(H,20,21). The Kier molecular flexibility index (Phi) is 4.07. The van der Waals surface area contributed by atoms with Crippen molar-refractivity contribution in [2.75, 3.05) is 0 Å². The van der Waals surface area contributed by atoms with Crippen LogP contribution in [0, 0.1) is 5.82 Å². The van der Waals surface area contributed by atoms with Gasteiger partial charge in [-0.05, 0) is 17.7 Å². The highest BCUT2D eigenvalue weighted by molar-refractivity contribution is 5.88. The maximum atomic E-state index is 13.7. The summed E-state index contributed by atoms with van der Waals surface area (Å²) in [4.78, 5) is 24.6. The van der Waals surface area contributed by atoms with Gasteiger partial charge in [0.15, 0.2) is 0 Å². The highest BCUT2D eigenvalue weighted by atomic mass is 19.4. The number of amides is 1. The number of aromatic nitrogens is 1. The van der Waals surface area contributed by atoms with Crippen molar-refractivity contribution in [3.8, 4) is 0 Å². The Morgan fingerprint density at radius 3 is 2.59 bits per heavy atom. The van der Waals surface area contributed by atoms with Crippen LogP contribution in [-0.4, -0.2) is 34.2 Å². The SMILES string of the molecule is O=C(O)C(Cc1c[nH]c2cccc(F)c12)NC(=O)C(F)(F)F. The van der Waals surface area contributed by atoms with E-state index < -0.39 is 36.3 Å². The van der Waals surface area contributed by atoms with Crippen molar-refractivity contribution in [1.29, 1.82) is 0 Å². The molecule has 1 aromatic carbocycles. The van der Waals surface area contributed by atoms with Crippen LogP contribution in [0.5, 0.6) is 0 Å². The molecule has 3 N–H and O–H groups in total. The van der Waals surface area contributed by atoms with Crippen LogP contribution in [0.25, 0.3) is 10.9 Å². The summed E-state index contributed by atoms with van der Waals surface area (Å²) in [5.41, 5.74) is 0.532. The van der Waals surface area contributed by atoms with Crippen LogP contribution in [0.4, 0.5) is 17.6 Å². The molecule has 0 aliphatic heterocycles. The third-order valence-corrected chi connectivity index (χ3v) is 3.02. The Morgan fingerprint density at radius 2 is 2.00 bits per heavy atom. The average Bonchev–Trinajstić information content (AvgIpc) is 2.81. The molecule has 1 heterocycles. The summed E-state index contributed by atoms with van der Waals surface area (Å²) in [7, 11) is 0. The van der Waals surface area contributed by atoms with E-state index in [1.54, 1.807) is 0 Å². The predicted molar refractivity (Wildman–Crippen MR) is 67.6 cm³/mol. The fourth-order valence-corrected chi connectivity index (χ4v) is 2.03. The van der Waals surface area contributed by atoms with E-state index in [9.17, 15) is 27.2 Å². The predicted octanol–water partition coefficient (Wildman–Crippen LogP) is 1.98. The largest absolute Gasteiger partial charge is 0.480 e. The van der Waals surface area contributed by atoms with Crippen molar-refractivity contribution in [3.05, 3.63) is 35.8 Å². The third kappa shape index (κ3) is 3.18. The summed E-state index contributed by atoms with van der Waals surface area (Å²) < 4.78 is 50.3. The highest BCUT2D eigenvalue weighted by Gasteiger charge is 2.41. The minimum Gasteiger partial charge on any atom is -0.480 e. The van der Waals surface area contributed by atoms with Crippen molar-refractivity contribution in [2.45, 2.75) is 18.6 Å². The number of hydrogen-bond donors (Lipinski definition) is 3. The topological polar surface area (TPSA) is 82.2 Å². The van der Waals surface area contributed by atoms with Gasteiger partial charge in [0.1, 0.15) is 11.9 Å². The number of H-pyrrole nitrogens is 1. The van der Waals surface area contributed by atoms with Gasteiger partial charge in [0.25, 0.3) is 0 Å². The number of hydrogen-bond acceptors (Lipinski definition) is 2. The second-order valence-electron chi connectivity index (χ2n) is 4.54. The molecule has 0 aliphatic carbocycles. The first kappa shape index (κ1) is 15.8. The van der Waals surface area contributed by atoms with Gasteiger partial charge in [0.2, 0.25) is 0 Å². The van der Waals surface area contributed by atoms with Crippen LogP contribution >= 0.6 is 0 Å². The molecule has 0 radical (unpaired) electrons. The van der Waals surface area contributed by atoms with E-state index in [1.807, 2.05) is 0 Å². The molecule has 0 saturated heterocycles. The number of alkyl halides is 3. The zero-order chi connectivity index (χ0) is 16.5. The summed E-state index contributed by atoms with van der Waals surface area (Å²) >= 11 is 0. The second-order valence-corrected chi connectivity index (χ2v) is 4.54. The van der Waals surface area contributed by atoms with E-state index in [4.69, 9.17) is 5.11 Å². The number of rotatable bonds is 4. The Labute approximate surface area is 120 Å². The monoisotopic (exact) mass is 318 g/mol. The number of aliphatic carboxylic acids is 1. The molecule has 0 bridgehead atoms. The van der Waals surface area contributed by atoms with E-state index in [2.05, 4.69) is 4.98 Å². The lowest BCUT2D eigenvalue weighted by Crippen LogP contribution is -2.47. The minimum atomic E-state index is -5.20. The van der Waals surface area contributed by atoms with Gasteiger partial charge in [-0.25, -0.2) is 9.18 Å². The van der Waals surface area contributed by atoms with Crippen LogP contribution < -0.4 is 5.32 Å². The molecule has 2 rings (SSSR count). The lowest BCUT2D eigenvalue weighted by molar-refractivity contribution is -0.175. The summed E-state index contributed by atoms with van der Waals surface area (Å²) in [5, 5.41) is 10.4.